The Bertz CT molecular complexity index is 372. The van der Waals surface area contributed by atoms with E-state index in [9.17, 15) is 10.2 Å². The summed E-state index contributed by atoms with van der Waals surface area (Å²) in [6.45, 7) is 2.97. The largest absolute Gasteiger partial charge is 0.504 e. The first-order chi connectivity index (χ1) is 8.16. The summed E-state index contributed by atoms with van der Waals surface area (Å²) in [5.41, 5.74) is 1.00. The third-order valence-electron chi connectivity index (χ3n) is 3.77. The first kappa shape index (κ1) is 12.2. The van der Waals surface area contributed by atoms with E-state index in [0.29, 0.717) is 6.04 Å². The number of rotatable bonds is 4. The Morgan fingerprint density at radius 3 is 2.59 bits per heavy atom. The van der Waals surface area contributed by atoms with Gasteiger partial charge >= 0.3 is 0 Å². The lowest BCUT2D eigenvalue weighted by molar-refractivity contribution is 0.378. The van der Waals surface area contributed by atoms with Crippen LogP contribution in [0.25, 0.3) is 0 Å². The Labute approximate surface area is 102 Å². The zero-order chi connectivity index (χ0) is 12.3. The maximum atomic E-state index is 9.40. The minimum absolute atomic E-state index is 0.0437. The van der Waals surface area contributed by atoms with Crippen LogP contribution in [-0.4, -0.2) is 16.3 Å². The molecule has 0 bridgehead atoms. The minimum Gasteiger partial charge on any atom is -0.504 e. The molecule has 2 rings (SSSR count). The van der Waals surface area contributed by atoms with Crippen LogP contribution in [0.3, 0.4) is 0 Å². The van der Waals surface area contributed by atoms with Crippen LogP contribution in [0, 0.1) is 5.92 Å². The molecule has 94 valence electrons. The fourth-order valence-electron chi connectivity index (χ4n) is 2.58. The van der Waals surface area contributed by atoms with Crippen molar-refractivity contribution in [3.63, 3.8) is 0 Å². The van der Waals surface area contributed by atoms with E-state index < -0.39 is 0 Å². The highest BCUT2D eigenvalue weighted by Crippen LogP contribution is 2.28. The molecule has 3 N–H and O–H groups in total. The summed E-state index contributed by atoms with van der Waals surface area (Å²) in [6.07, 6.45) is 5.37. The zero-order valence-corrected chi connectivity index (χ0v) is 10.3. The summed E-state index contributed by atoms with van der Waals surface area (Å²) in [7, 11) is 0. The Kier molecular flexibility index (Phi) is 3.89. The quantitative estimate of drug-likeness (QED) is 0.703. The summed E-state index contributed by atoms with van der Waals surface area (Å²) >= 11 is 0. The zero-order valence-electron chi connectivity index (χ0n) is 10.3. The highest BCUT2D eigenvalue weighted by atomic mass is 16.3. The predicted octanol–water partition coefficient (Wildman–Crippen LogP) is 2.77. The molecule has 0 amide bonds. The molecule has 0 heterocycles. The molecule has 0 unspecified atom stereocenters. The van der Waals surface area contributed by atoms with Crippen molar-refractivity contribution in [2.75, 3.05) is 0 Å². The monoisotopic (exact) mass is 235 g/mol. The Hall–Kier alpha value is -1.22. The molecule has 0 saturated heterocycles. The fourth-order valence-corrected chi connectivity index (χ4v) is 2.58. The average molecular weight is 235 g/mol. The van der Waals surface area contributed by atoms with E-state index in [1.165, 1.54) is 31.7 Å². The van der Waals surface area contributed by atoms with E-state index >= 15 is 0 Å². The summed E-state index contributed by atoms with van der Waals surface area (Å²) < 4.78 is 0. The van der Waals surface area contributed by atoms with Crippen LogP contribution in [0.5, 0.6) is 11.5 Å². The van der Waals surface area contributed by atoms with E-state index in [1.54, 1.807) is 6.07 Å². The molecule has 0 radical (unpaired) electrons. The summed E-state index contributed by atoms with van der Waals surface area (Å²) in [5, 5.41) is 22.1. The van der Waals surface area contributed by atoms with Gasteiger partial charge in [0.05, 0.1) is 0 Å². The van der Waals surface area contributed by atoms with Crippen molar-refractivity contribution in [3.8, 4) is 11.5 Å². The number of hydrogen-bond acceptors (Lipinski definition) is 3. The topological polar surface area (TPSA) is 52.5 Å². The van der Waals surface area contributed by atoms with E-state index in [-0.39, 0.29) is 11.5 Å². The van der Waals surface area contributed by atoms with Gasteiger partial charge in [-0.2, -0.15) is 0 Å². The Morgan fingerprint density at radius 1 is 1.24 bits per heavy atom. The first-order valence-corrected chi connectivity index (χ1v) is 6.41. The van der Waals surface area contributed by atoms with Crippen LogP contribution in [0.15, 0.2) is 18.2 Å². The molecule has 1 aromatic rings. The molecule has 0 aliphatic heterocycles. The molecule has 0 spiro atoms. The number of nitrogens with one attached hydrogen (secondary N) is 1. The molecule has 1 fully saturated rings. The highest BCUT2D eigenvalue weighted by molar-refractivity contribution is 5.40. The van der Waals surface area contributed by atoms with E-state index in [0.717, 1.165) is 18.0 Å². The van der Waals surface area contributed by atoms with Crippen LogP contribution in [0.4, 0.5) is 0 Å². The van der Waals surface area contributed by atoms with Gasteiger partial charge in [0.25, 0.3) is 0 Å². The van der Waals surface area contributed by atoms with Crippen LogP contribution in [-0.2, 0) is 6.54 Å². The Morgan fingerprint density at radius 2 is 1.94 bits per heavy atom. The number of benzene rings is 1. The molecule has 0 aromatic heterocycles. The lowest BCUT2D eigenvalue weighted by Gasteiger charge is -2.20. The number of hydrogen-bond donors (Lipinski definition) is 3. The number of phenolic OH excluding ortho intramolecular Hbond substituents is 2. The summed E-state index contributed by atoms with van der Waals surface area (Å²) in [4.78, 5) is 0. The third kappa shape index (κ3) is 3.13. The fraction of sp³-hybridized carbons (Fsp3) is 0.571. The van der Waals surface area contributed by atoms with E-state index in [1.807, 2.05) is 6.07 Å². The van der Waals surface area contributed by atoms with Gasteiger partial charge in [-0.1, -0.05) is 18.9 Å². The van der Waals surface area contributed by atoms with Crippen molar-refractivity contribution in [1.82, 2.24) is 5.32 Å². The van der Waals surface area contributed by atoms with Crippen molar-refractivity contribution in [2.24, 2.45) is 5.92 Å². The third-order valence-corrected chi connectivity index (χ3v) is 3.77. The van der Waals surface area contributed by atoms with Gasteiger partial charge in [0.15, 0.2) is 11.5 Å². The molecule has 17 heavy (non-hydrogen) atoms. The average Bonchev–Trinajstić information content (AvgIpc) is 2.84. The van der Waals surface area contributed by atoms with E-state index in [2.05, 4.69) is 12.2 Å². The highest BCUT2D eigenvalue weighted by Gasteiger charge is 2.20. The van der Waals surface area contributed by atoms with Crippen molar-refractivity contribution in [3.05, 3.63) is 23.8 Å². The SMILES string of the molecule is C[C@@H](NCc1ccc(O)c(O)c1)C1CCCC1. The molecule has 3 heteroatoms. The van der Waals surface area contributed by atoms with Gasteiger partial charge in [-0.3, -0.25) is 0 Å². The van der Waals surface area contributed by atoms with Crippen molar-refractivity contribution < 1.29 is 10.2 Å². The Balaban J connectivity index is 1.86. The molecule has 1 aliphatic carbocycles. The maximum Gasteiger partial charge on any atom is 0.157 e. The summed E-state index contributed by atoms with van der Waals surface area (Å²) in [6, 6.07) is 5.51. The molecule has 1 aliphatic rings. The van der Waals surface area contributed by atoms with Gasteiger partial charge < -0.3 is 15.5 Å². The van der Waals surface area contributed by atoms with Crippen LogP contribution >= 0.6 is 0 Å². The van der Waals surface area contributed by atoms with Crippen LogP contribution < -0.4 is 5.32 Å². The lowest BCUT2D eigenvalue weighted by Crippen LogP contribution is -2.31. The first-order valence-electron chi connectivity index (χ1n) is 6.41. The number of aromatic hydroxyl groups is 2. The molecule has 3 nitrogen and oxygen atoms in total. The van der Waals surface area contributed by atoms with Crippen molar-refractivity contribution in [1.29, 1.82) is 0 Å². The maximum absolute atomic E-state index is 9.40. The lowest BCUT2D eigenvalue weighted by atomic mass is 9.99. The standard InChI is InChI=1S/C14H21NO2/c1-10(12-4-2-3-5-12)15-9-11-6-7-13(16)14(17)8-11/h6-8,10,12,15-17H,2-5,9H2,1H3/t10-/m1/s1. The molecule has 1 saturated carbocycles. The molecular formula is C14H21NO2. The minimum atomic E-state index is -0.0578. The predicted molar refractivity (Wildman–Crippen MR) is 68.0 cm³/mol. The van der Waals surface area contributed by atoms with Gasteiger partial charge in [-0.25, -0.2) is 0 Å². The summed E-state index contributed by atoms with van der Waals surface area (Å²) in [5.74, 6) is 0.691. The van der Waals surface area contributed by atoms with Gasteiger partial charge in [-0.05, 0) is 43.4 Å². The second-order valence-electron chi connectivity index (χ2n) is 5.04. The van der Waals surface area contributed by atoms with Gasteiger partial charge in [0, 0.05) is 12.6 Å². The normalized spacial score (nSPS) is 18.4. The van der Waals surface area contributed by atoms with Crippen LogP contribution in [0.1, 0.15) is 38.2 Å². The van der Waals surface area contributed by atoms with Gasteiger partial charge in [0.2, 0.25) is 0 Å². The van der Waals surface area contributed by atoms with E-state index in [4.69, 9.17) is 0 Å². The van der Waals surface area contributed by atoms with Crippen LogP contribution in [0.2, 0.25) is 0 Å². The van der Waals surface area contributed by atoms with Crippen molar-refractivity contribution >= 4 is 0 Å². The van der Waals surface area contributed by atoms with Crippen molar-refractivity contribution in [2.45, 2.75) is 45.2 Å². The second-order valence-corrected chi connectivity index (χ2v) is 5.04. The molecule has 1 aromatic carbocycles. The molecular weight excluding hydrogens is 214 g/mol. The molecule has 1 atom stereocenters. The van der Waals surface area contributed by atoms with Gasteiger partial charge in [0.1, 0.15) is 0 Å². The smallest absolute Gasteiger partial charge is 0.157 e. The van der Waals surface area contributed by atoms with Gasteiger partial charge in [-0.15, -0.1) is 0 Å². The number of phenols is 2. The second kappa shape index (κ2) is 5.41.